The van der Waals surface area contributed by atoms with Gasteiger partial charge in [-0.15, -0.1) is 0 Å². The van der Waals surface area contributed by atoms with Gasteiger partial charge in [0.1, 0.15) is 11.9 Å². The van der Waals surface area contributed by atoms with Crippen LogP contribution in [0.25, 0.3) is 0 Å². The molecule has 0 aromatic heterocycles. The van der Waals surface area contributed by atoms with Gasteiger partial charge in [0.2, 0.25) is 0 Å². The molecule has 0 amide bonds. The summed E-state index contributed by atoms with van der Waals surface area (Å²) in [5, 5.41) is 19.6. The van der Waals surface area contributed by atoms with Crippen molar-refractivity contribution in [2.24, 2.45) is 5.92 Å². The van der Waals surface area contributed by atoms with Crippen LogP contribution in [0.15, 0.2) is 24.3 Å². The number of esters is 2. The Bertz CT molecular complexity index is 452. The Balaban J connectivity index is 3.02. The van der Waals surface area contributed by atoms with Crippen molar-refractivity contribution < 1.29 is 29.3 Å². The van der Waals surface area contributed by atoms with E-state index >= 15 is 0 Å². The van der Waals surface area contributed by atoms with Crippen LogP contribution >= 0.6 is 0 Å². The Morgan fingerprint density at radius 1 is 1.15 bits per heavy atom. The SMILES string of the molecule is CCOC(=O)C(C(=O)OCC)C(O)c1cccc(O)c1. The molecule has 20 heavy (non-hydrogen) atoms. The maximum absolute atomic E-state index is 11.8. The first-order valence-electron chi connectivity index (χ1n) is 6.31. The minimum absolute atomic E-state index is 0.0759. The Kier molecular flexibility index (Phi) is 5.99. The molecule has 2 N–H and O–H groups in total. The molecule has 0 saturated carbocycles. The van der Waals surface area contributed by atoms with Crippen molar-refractivity contribution in [3.8, 4) is 5.75 Å². The normalized spacial score (nSPS) is 12.0. The molecule has 1 aromatic rings. The van der Waals surface area contributed by atoms with Crippen LogP contribution in [0.1, 0.15) is 25.5 Å². The van der Waals surface area contributed by atoms with Gasteiger partial charge in [0.15, 0.2) is 5.92 Å². The summed E-state index contributed by atoms with van der Waals surface area (Å²) >= 11 is 0. The number of hydrogen-bond donors (Lipinski definition) is 2. The molecule has 6 nitrogen and oxygen atoms in total. The highest BCUT2D eigenvalue weighted by Crippen LogP contribution is 2.26. The standard InChI is InChI=1S/C14H18O6/c1-3-19-13(17)11(14(18)20-4-2)12(16)9-6-5-7-10(15)8-9/h5-8,11-12,15-16H,3-4H2,1-2H3. The number of phenolic OH excluding ortho intramolecular Hbond substituents is 1. The summed E-state index contributed by atoms with van der Waals surface area (Å²) in [4.78, 5) is 23.6. The molecule has 1 atom stereocenters. The molecule has 110 valence electrons. The maximum atomic E-state index is 11.8. The lowest BCUT2D eigenvalue weighted by atomic mass is 9.95. The van der Waals surface area contributed by atoms with Crippen molar-refractivity contribution in [3.05, 3.63) is 29.8 Å². The second-order valence-corrected chi connectivity index (χ2v) is 4.02. The molecule has 0 heterocycles. The molecule has 0 aliphatic carbocycles. The molecule has 0 aliphatic rings. The van der Waals surface area contributed by atoms with E-state index in [0.29, 0.717) is 0 Å². The zero-order valence-corrected chi connectivity index (χ0v) is 11.4. The van der Waals surface area contributed by atoms with Crippen LogP contribution < -0.4 is 0 Å². The monoisotopic (exact) mass is 282 g/mol. The summed E-state index contributed by atoms with van der Waals surface area (Å²) in [5.41, 5.74) is 0.233. The van der Waals surface area contributed by atoms with E-state index in [1.165, 1.54) is 24.3 Å². The first-order chi connectivity index (χ1) is 9.51. The third kappa shape index (κ3) is 3.96. The third-order valence-corrected chi connectivity index (χ3v) is 2.61. The van der Waals surface area contributed by atoms with Crippen molar-refractivity contribution in [1.29, 1.82) is 0 Å². The number of ether oxygens (including phenoxy) is 2. The van der Waals surface area contributed by atoms with E-state index in [4.69, 9.17) is 9.47 Å². The van der Waals surface area contributed by atoms with Crippen LogP contribution in [0.5, 0.6) is 5.75 Å². The zero-order chi connectivity index (χ0) is 15.1. The van der Waals surface area contributed by atoms with Crippen LogP contribution in [0.3, 0.4) is 0 Å². The van der Waals surface area contributed by atoms with E-state index in [-0.39, 0.29) is 24.5 Å². The number of carbonyl (C=O) groups excluding carboxylic acids is 2. The Morgan fingerprint density at radius 2 is 1.70 bits per heavy atom. The molecule has 1 unspecified atom stereocenters. The van der Waals surface area contributed by atoms with Gasteiger partial charge in [-0.25, -0.2) is 0 Å². The van der Waals surface area contributed by atoms with Crippen molar-refractivity contribution in [2.45, 2.75) is 20.0 Å². The fourth-order valence-electron chi connectivity index (χ4n) is 1.72. The van der Waals surface area contributed by atoms with Crippen molar-refractivity contribution in [2.75, 3.05) is 13.2 Å². The topological polar surface area (TPSA) is 93.1 Å². The maximum Gasteiger partial charge on any atom is 0.323 e. The van der Waals surface area contributed by atoms with Gasteiger partial charge in [0, 0.05) is 0 Å². The zero-order valence-electron chi connectivity index (χ0n) is 11.4. The van der Waals surface area contributed by atoms with Gasteiger partial charge in [-0.05, 0) is 31.5 Å². The molecule has 0 spiro atoms. The first-order valence-corrected chi connectivity index (χ1v) is 6.31. The summed E-state index contributed by atoms with van der Waals surface area (Å²) in [6.45, 7) is 3.37. The fraction of sp³-hybridized carbons (Fsp3) is 0.429. The smallest absolute Gasteiger partial charge is 0.323 e. The minimum Gasteiger partial charge on any atom is -0.508 e. The van der Waals surface area contributed by atoms with E-state index in [1.807, 2.05) is 0 Å². The highest BCUT2D eigenvalue weighted by molar-refractivity contribution is 5.95. The van der Waals surface area contributed by atoms with Gasteiger partial charge in [-0.2, -0.15) is 0 Å². The molecular weight excluding hydrogens is 264 g/mol. The summed E-state index contributed by atoms with van der Waals surface area (Å²) < 4.78 is 9.56. The van der Waals surface area contributed by atoms with E-state index in [1.54, 1.807) is 13.8 Å². The van der Waals surface area contributed by atoms with Crippen molar-refractivity contribution in [3.63, 3.8) is 0 Å². The van der Waals surface area contributed by atoms with Gasteiger partial charge in [0.05, 0.1) is 13.2 Å². The number of hydrogen-bond acceptors (Lipinski definition) is 6. The quantitative estimate of drug-likeness (QED) is 0.601. The number of rotatable bonds is 6. The van der Waals surface area contributed by atoms with Crippen LogP contribution in [0.4, 0.5) is 0 Å². The molecule has 0 fully saturated rings. The van der Waals surface area contributed by atoms with Gasteiger partial charge >= 0.3 is 11.9 Å². The molecule has 0 radical (unpaired) electrons. The number of aliphatic hydroxyl groups excluding tert-OH is 1. The summed E-state index contributed by atoms with van der Waals surface area (Å²) in [6.07, 6.45) is -1.44. The van der Waals surface area contributed by atoms with Crippen LogP contribution in [-0.2, 0) is 19.1 Å². The van der Waals surface area contributed by atoms with Crippen LogP contribution in [0.2, 0.25) is 0 Å². The second-order valence-electron chi connectivity index (χ2n) is 4.02. The Labute approximate surface area is 116 Å². The van der Waals surface area contributed by atoms with Gasteiger partial charge in [0.25, 0.3) is 0 Å². The largest absolute Gasteiger partial charge is 0.508 e. The Morgan fingerprint density at radius 3 is 2.15 bits per heavy atom. The lowest BCUT2D eigenvalue weighted by molar-refractivity contribution is -0.167. The molecule has 1 rings (SSSR count). The minimum atomic E-state index is -1.48. The second kappa shape index (κ2) is 7.49. The van der Waals surface area contributed by atoms with E-state index in [2.05, 4.69) is 0 Å². The first kappa shape index (κ1) is 16.0. The van der Waals surface area contributed by atoms with Crippen LogP contribution in [0, 0.1) is 5.92 Å². The van der Waals surface area contributed by atoms with Gasteiger partial charge in [-0.1, -0.05) is 12.1 Å². The lowest BCUT2D eigenvalue weighted by Gasteiger charge is -2.20. The number of carbonyl (C=O) groups is 2. The lowest BCUT2D eigenvalue weighted by Crippen LogP contribution is -2.33. The van der Waals surface area contributed by atoms with Gasteiger partial charge < -0.3 is 19.7 Å². The van der Waals surface area contributed by atoms with Gasteiger partial charge in [-0.3, -0.25) is 9.59 Å². The number of aromatic hydroxyl groups is 1. The molecule has 6 heteroatoms. The fourth-order valence-corrected chi connectivity index (χ4v) is 1.72. The average Bonchev–Trinajstić information content (AvgIpc) is 2.39. The summed E-state index contributed by atoms with van der Waals surface area (Å²) in [5.74, 6) is -3.27. The molecule has 0 bridgehead atoms. The predicted octanol–water partition coefficient (Wildman–Crippen LogP) is 1.17. The van der Waals surface area contributed by atoms with E-state index < -0.39 is 24.0 Å². The summed E-state index contributed by atoms with van der Waals surface area (Å²) in [6, 6.07) is 5.69. The Hall–Kier alpha value is -2.08. The van der Waals surface area contributed by atoms with E-state index in [0.717, 1.165) is 0 Å². The predicted molar refractivity (Wildman–Crippen MR) is 69.8 cm³/mol. The average molecular weight is 282 g/mol. The number of phenols is 1. The van der Waals surface area contributed by atoms with Crippen molar-refractivity contribution in [1.82, 2.24) is 0 Å². The van der Waals surface area contributed by atoms with Crippen LogP contribution in [-0.4, -0.2) is 35.4 Å². The molecule has 0 aliphatic heterocycles. The summed E-state index contributed by atoms with van der Waals surface area (Å²) in [7, 11) is 0. The molecule has 1 aromatic carbocycles. The van der Waals surface area contributed by atoms with Crippen molar-refractivity contribution >= 4 is 11.9 Å². The number of benzene rings is 1. The highest BCUT2D eigenvalue weighted by atomic mass is 16.6. The third-order valence-electron chi connectivity index (χ3n) is 2.61. The van der Waals surface area contributed by atoms with E-state index in [9.17, 15) is 19.8 Å². The molecular formula is C14H18O6. The highest BCUT2D eigenvalue weighted by Gasteiger charge is 2.37. The number of aliphatic hydroxyl groups is 1. The molecule has 0 saturated heterocycles.